The van der Waals surface area contributed by atoms with Crippen molar-refractivity contribution in [2.24, 2.45) is 0 Å². The van der Waals surface area contributed by atoms with Crippen LogP contribution in [0.4, 0.5) is 18.9 Å². The molecule has 9 heteroatoms. The van der Waals surface area contributed by atoms with Crippen LogP contribution >= 0.6 is 11.6 Å². The first-order chi connectivity index (χ1) is 13.1. The number of halogens is 4. The maximum absolute atomic E-state index is 14.3. The van der Waals surface area contributed by atoms with Crippen molar-refractivity contribution < 1.29 is 17.9 Å². The van der Waals surface area contributed by atoms with Crippen LogP contribution in [0.15, 0.2) is 30.3 Å². The summed E-state index contributed by atoms with van der Waals surface area (Å²) < 4.78 is 49.8. The van der Waals surface area contributed by atoms with Crippen LogP contribution in [0.5, 0.6) is 5.75 Å². The smallest absolute Gasteiger partial charge is 0.192 e. The normalized spacial score (nSPS) is 11.7. The van der Waals surface area contributed by atoms with Crippen molar-refractivity contribution >= 4 is 17.3 Å². The molecule has 0 amide bonds. The summed E-state index contributed by atoms with van der Waals surface area (Å²) in [6.45, 7) is 5.35. The molecule has 28 heavy (non-hydrogen) atoms. The molecule has 2 aromatic carbocycles. The summed E-state index contributed by atoms with van der Waals surface area (Å²) in [6.07, 6.45) is 0. The number of ether oxygens (including phenoxy) is 1. The average Bonchev–Trinajstić information content (AvgIpc) is 3.03. The molecule has 2 N–H and O–H groups in total. The Morgan fingerprint density at radius 1 is 1.07 bits per heavy atom. The van der Waals surface area contributed by atoms with Crippen LogP contribution < -0.4 is 10.5 Å². The molecule has 0 bridgehead atoms. The van der Waals surface area contributed by atoms with Gasteiger partial charge in [-0.2, -0.15) is 0 Å². The third kappa shape index (κ3) is 3.64. The lowest BCUT2D eigenvalue weighted by atomic mass is 10.1. The van der Waals surface area contributed by atoms with Crippen LogP contribution in [0.2, 0.25) is 5.02 Å². The van der Waals surface area contributed by atoms with E-state index in [9.17, 15) is 13.2 Å². The zero-order chi connectivity index (χ0) is 20.6. The highest BCUT2D eigenvalue weighted by Gasteiger charge is 2.33. The number of nitrogen functional groups attached to an aromatic ring is 1. The van der Waals surface area contributed by atoms with E-state index in [1.54, 1.807) is 24.5 Å². The molecule has 1 aromatic heterocycles. The van der Waals surface area contributed by atoms with Gasteiger partial charge in [-0.25, -0.2) is 13.2 Å². The minimum absolute atomic E-state index is 0.0852. The van der Waals surface area contributed by atoms with Gasteiger partial charge in [0, 0.05) is 17.3 Å². The fourth-order valence-corrected chi connectivity index (χ4v) is 3.08. The van der Waals surface area contributed by atoms with Gasteiger partial charge in [0.25, 0.3) is 0 Å². The molecule has 0 spiro atoms. The monoisotopic (exact) mass is 410 g/mol. The van der Waals surface area contributed by atoms with E-state index in [1.807, 2.05) is 6.92 Å². The molecule has 1 heterocycles. The van der Waals surface area contributed by atoms with Gasteiger partial charge < -0.3 is 15.0 Å². The zero-order valence-corrected chi connectivity index (χ0v) is 16.2. The van der Waals surface area contributed by atoms with Crippen molar-refractivity contribution in [2.75, 3.05) is 5.73 Å². The van der Waals surface area contributed by atoms with Crippen LogP contribution in [0.1, 0.15) is 26.6 Å². The summed E-state index contributed by atoms with van der Waals surface area (Å²) in [7, 11) is 0. The van der Waals surface area contributed by atoms with E-state index in [1.165, 1.54) is 12.1 Å². The van der Waals surface area contributed by atoms with Crippen molar-refractivity contribution in [2.45, 2.75) is 32.9 Å². The van der Waals surface area contributed by atoms with Gasteiger partial charge in [0.05, 0.1) is 5.56 Å². The second-order valence-corrected chi connectivity index (χ2v) is 7.08. The SMILES string of the molecule is CCn1c(-c2ccc(N)cc2F)nnc1C(C)(C)Oc1c(F)cc(Cl)cc1F. The maximum atomic E-state index is 14.3. The molecule has 0 aliphatic heterocycles. The fourth-order valence-electron chi connectivity index (χ4n) is 2.89. The molecule has 0 saturated heterocycles. The second-order valence-electron chi connectivity index (χ2n) is 6.64. The number of benzene rings is 2. The first-order valence-electron chi connectivity index (χ1n) is 8.46. The van der Waals surface area contributed by atoms with Crippen LogP contribution in [-0.4, -0.2) is 14.8 Å². The number of hydrogen-bond acceptors (Lipinski definition) is 4. The number of rotatable bonds is 5. The van der Waals surface area contributed by atoms with Crippen LogP contribution in [0.25, 0.3) is 11.4 Å². The Bertz CT molecular complexity index is 1010. The van der Waals surface area contributed by atoms with E-state index in [-0.39, 0.29) is 27.9 Å². The Hall–Kier alpha value is -2.74. The quantitative estimate of drug-likeness (QED) is 0.605. The van der Waals surface area contributed by atoms with E-state index in [2.05, 4.69) is 10.2 Å². The molecule has 0 aliphatic carbocycles. The summed E-state index contributed by atoms with van der Waals surface area (Å²) in [5.74, 6) is -2.49. The van der Waals surface area contributed by atoms with E-state index in [0.717, 1.165) is 12.1 Å². The first kappa shape index (κ1) is 20.0. The predicted molar refractivity (Wildman–Crippen MR) is 101 cm³/mol. The number of aromatic nitrogens is 3. The topological polar surface area (TPSA) is 66.0 Å². The fraction of sp³-hybridized carbons (Fsp3) is 0.263. The van der Waals surface area contributed by atoms with Gasteiger partial charge in [-0.05, 0) is 51.1 Å². The van der Waals surface area contributed by atoms with Gasteiger partial charge in [-0.1, -0.05) is 11.6 Å². The number of nitrogens with zero attached hydrogens (tertiary/aromatic N) is 3. The molecular formula is C19H18ClF3N4O. The van der Waals surface area contributed by atoms with Gasteiger partial charge in [0.15, 0.2) is 34.6 Å². The number of hydrogen-bond donors (Lipinski definition) is 1. The minimum Gasteiger partial charge on any atom is -0.474 e. The summed E-state index contributed by atoms with van der Waals surface area (Å²) in [6, 6.07) is 6.14. The molecule has 0 radical (unpaired) electrons. The largest absolute Gasteiger partial charge is 0.474 e. The van der Waals surface area contributed by atoms with Crippen molar-refractivity contribution in [3.8, 4) is 17.1 Å². The molecule has 0 aliphatic rings. The average molecular weight is 411 g/mol. The zero-order valence-electron chi connectivity index (χ0n) is 15.4. The highest BCUT2D eigenvalue weighted by molar-refractivity contribution is 6.30. The van der Waals surface area contributed by atoms with E-state index in [4.69, 9.17) is 22.1 Å². The second kappa shape index (κ2) is 7.35. The summed E-state index contributed by atoms with van der Waals surface area (Å²) >= 11 is 5.65. The van der Waals surface area contributed by atoms with Crippen molar-refractivity contribution in [3.05, 3.63) is 58.6 Å². The number of anilines is 1. The molecule has 5 nitrogen and oxygen atoms in total. The highest BCUT2D eigenvalue weighted by Crippen LogP contribution is 2.34. The lowest BCUT2D eigenvalue weighted by Crippen LogP contribution is -2.30. The van der Waals surface area contributed by atoms with Crippen molar-refractivity contribution in [3.63, 3.8) is 0 Å². The molecule has 3 aromatic rings. The van der Waals surface area contributed by atoms with Crippen LogP contribution in [-0.2, 0) is 12.1 Å². The molecule has 0 unspecified atom stereocenters. The Kier molecular flexibility index (Phi) is 5.25. The molecule has 0 saturated carbocycles. The standard InChI is InChI=1S/C19H18ClF3N4O/c1-4-27-17(12-6-5-11(24)9-13(12)21)25-26-18(27)19(2,3)28-16-14(22)7-10(20)8-15(16)23/h5-9H,4,24H2,1-3H3. The van der Waals surface area contributed by atoms with Crippen molar-refractivity contribution in [1.29, 1.82) is 0 Å². The summed E-state index contributed by atoms with van der Waals surface area (Å²) in [5.41, 5.74) is 4.80. The maximum Gasteiger partial charge on any atom is 0.192 e. The molecule has 3 rings (SSSR count). The van der Waals surface area contributed by atoms with Crippen LogP contribution in [0, 0.1) is 17.5 Å². The van der Waals surface area contributed by atoms with Gasteiger partial charge in [-0.15, -0.1) is 10.2 Å². The Balaban J connectivity index is 2.05. The summed E-state index contributed by atoms with van der Waals surface area (Å²) in [5, 5.41) is 8.06. The first-order valence-corrected chi connectivity index (χ1v) is 8.84. The van der Waals surface area contributed by atoms with E-state index in [0.29, 0.717) is 6.54 Å². The Morgan fingerprint density at radius 3 is 2.29 bits per heavy atom. The Morgan fingerprint density at radius 2 is 1.71 bits per heavy atom. The molecular weight excluding hydrogens is 393 g/mol. The third-order valence-corrected chi connectivity index (χ3v) is 4.38. The lowest BCUT2D eigenvalue weighted by Gasteiger charge is -2.26. The van der Waals surface area contributed by atoms with Gasteiger partial charge in [0.1, 0.15) is 5.82 Å². The molecule has 0 fully saturated rings. The Labute approximate surface area is 164 Å². The number of nitrogens with two attached hydrogens (primary N) is 1. The van der Waals surface area contributed by atoms with Gasteiger partial charge in [0.2, 0.25) is 0 Å². The van der Waals surface area contributed by atoms with E-state index < -0.39 is 28.8 Å². The van der Waals surface area contributed by atoms with Crippen LogP contribution in [0.3, 0.4) is 0 Å². The predicted octanol–water partition coefficient (Wildman–Crippen LogP) is 4.93. The highest BCUT2D eigenvalue weighted by atomic mass is 35.5. The molecule has 0 atom stereocenters. The molecule has 148 valence electrons. The van der Waals surface area contributed by atoms with Gasteiger partial charge >= 0.3 is 0 Å². The van der Waals surface area contributed by atoms with Gasteiger partial charge in [-0.3, -0.25) is 0 Å². The van der Waals surface area contributed by atoms with Crippen molar-refractivity contribution in [1.82, 2.24) is 14.8 Å². The third-order valence-electron chi connectivity index (χ3n) is 4.16. The summed E-state index contributed by atoms with van der Waals surface area (Å²) in [4.78, 5) is 0. The van der Waals surface area contributed by atoms with E-state index >= 15 is 0 Å². The minimum atomic E-state index is -1.28. The lowest BCUT2D eigenvalue weighted by molar-refractivity contribution is 0.0827.